The molecule has 0 radical (unpaired) electrons. The quantitative estimate of drug-likeness (QED) is 0.0960. The second-order valence-electron chi connectivity index (χ2n) is 8.23. The number of aromatic hydroxyl groups is 1. The molecule has 0 saturated carbocycles. The van der Waals surface area contributed by atoms with Gasteiger partial charge in [0.1, 0.15) is 17.1 Å². The second kappa shape index (κ2) is 8.97. The molecule has 2 fully saturated rings. The highest BCUT2D eigenvalue weighted by molar-refractivity contribution is 7.80. The number of carbonyl (C=O) groups excluding carboxylic acids is 3. The summed E-state index contributed by atoms with van der Waals surface area (Å²) in [6.45, 7) is 0. The molecule has 2 heterocycles. The number of nitro groups is 1. The molecular weight excluding hydrogens is 514 g/mol. The molecule has 2 aliphatic heterocycles. The number of carbonyl (C=O) groups is 3. The zero-order chi connectivity index (χ0) is 27.2. The van der Waals surface area contributed by atoms with Crippen molar-refractivity contribution in [1.29, 1.82) is 0 Å². The molecule has 13 heteroatoms. The second-order valence-corrected chi connectivity index (χ2v) is 8.62. The normalized spacial score (nSPS) is 20.2. The van der Waals surface area contributed by atoms with Gasteiger partial charge in [0.15, 0.2) is 5.11 Å². The van der Waals surface area contributed by atoms with Crippen molar-refractivity contribution in [2.75, 3.05) is 10.3 Å². The highest BCUT2D eigenvalue weighted by atomic mass is 32.1. The molecule has 4 N–H and O–H groups in total. The molecule has 2 saturated heterocycles. The molecule has 1 unspecified atom stereocenters. The molecule has 0 aliphatic carbocycles. The predicted molar refractivity (Wildman–Crippen MR) is 139 cm³/mol. The lowest BCUT2D eigenvalue weighted by molar-refractivity contribution is -0.384. The van der Waals surface area contributed by atoms with E-state index in [0.717, 1.165) is 22.0 Å². The average Bonchev–Trinajstić information content (AvgIpc) is 3.28. The summed E-state index contributed by atoms with van der Waals surface area (Å²) in [7, 11) is 0. The number of benzene rings is 3. The number of hydrazine groups is 1. The van der Waals surface area contributed by atoms with Crippen molar-refractivity contribution in [3.8, 4) is 5.75 Å². The minimum atomic E-state index is -2.42. The van der Waals surface area contributed by atoms with Crippen LogP contribution in [0.3, 0.4) is 0 Å². The van der Waals surface area contributed by atoms with Gasteiger partial charge >= 0.3 is 5.91 Å². The molecule has 2 aliphatic rings. The van der Waals surface area contributed by atoms with Crippen LogP contribution in [-0.2, 0) is 14.4 Å². The highest BCUT2D eigenvalue weighted by Crippen LogP contribution is 2.47. The zero-order valence-electron chi connectivity index (χ0n) is 19.2. The predicted octanol–water partition coefficient (Wildman–Crippen LogP) is 2.63. The van der Waals surface area contributed by atoms with Crippen molar-refractivity contribution in [2.24, 2.45) is 0 Å². The molecule has 1 atom stereocenters. The number of phenols is 1. The van der Waals surface area contributed by atoms with E-state index in [4.69, 9.17) is 12.2 Å². The van der Waals surface area contributed by atoms with E-state index in [2.05, 4.69) is 10.7 Å². The van der Waals surface area contributed by atoms with E-state index < -0.39 is 45.3 Å². The number of nitro benzene ring substituents is 1. The molecule has 12 nitrogen and oxygen atoms in total. The highest BCUT2D eigenvalue weighted by Gasteiger charge is 2.70. The summed E-state index contributed by atoms with van der Waals surface area (Å²) in [6, 6.07) is 18.5. The summed E-state index contributed by atoms with van der Waals surface area (Å²) in [5, 5.41) is 36.3. The van der Waals surface area contributed by atoms with Crippen LogP contribution in [-0.4, -0.2) is 48.5 Å². The fraction of sp³-hybridized carbons (Fsp3) is 0.0400. The lowest BCUT2D eigenvalue weighted by atomic mass is 9.94. The number of amides is 2. The summed E-state index contributed by atoms with van der Waals surface area (Å²) >= 11 is 5.38. The fourth-order valence-electron chi connectivity index (χ4n) is 4.41. The first kappa shape index (κ1) is 24.4. The smallest absolute Gasteiger partial charge is 0.302 e. The summed E-state index contributed by atoms with van der Waals surface area (Å²) in [6.07, 6.45) is 0. The van der Waals surface area contributed by atoms with Crippen LogP contribution in [0.15, 0.2) is 84.4 Å². The Balaban J connectivity index is 1.81. The number of ketones is 1. The van der Waals surface area contributed by atoms with Gasteiger partial charge in [-0.1, -0.05) is 30.3 Å². The number of para-hydroxylation sites is 3. The summed E-state index contributed by atoms with van der Waals surface area (Å²) in [5.41, 5.74) is -0.300. The fourth-order valence-corrected chi connectivity index (χ4v) is 4.68. The Morgan fingerprint density at radius 1 is 0.974 bits per heavy atom. The van der Waals surface area contributed by atoms with E-state index in [1.165, 1.54) is 36.4 Å². The number of aliphatic hydroxyl groups is 1. The number of anilines is 2. The minimum Gasteiger partial charge on any atom is -0.507 e. The number of hydrogen-bond donors (Lipinski definition) is 4. The lowest BCUT2D eigenvalue weighted by Gasteiger charge is -2.40. The third-order valence-electron chi connectivity index (χ3n) is 6.09. The van der Waals surface area contributed by atoms with Gasteiger partial charge in [0, 0.05) is 17.7 Å². The lowest BCUT2D eigenvalue weighted by Crippen LogP contribution is -2.62. The number of Topliss-reactive ketones (excluding diaryl/α,β-unsaturated/α-hetero) is 1. The SMILES string of the molecule is O=C1C(=O)N(c2ccccc2O)C2(C(=O)NC(=S)N2Nc2ccccc2)/C1=C(\O)c1ccc([N+](=O)[O-])cc1. The van der Waals surface area contributed by atoms with E-state index in [0.29, 0.717) is 5.69 Å². The molecule has 5 rings (SSSR count). The van der Waals surface area contributed by atoms with Gasteiger partial charge in [0.2, 0.25) is 0 Å². The zero-order valence-corrected chi connectivity index (χ0v) is 20.0. The van der Waals surface area contributed by atoms with E-state index in [1.807, 2.05) is 0 Å². The first-order chi connectivity index (χ1) is 18.2. The number of thiocarbonyl (C=S) groups is 1. The first-order valence-corrected chi connectivity index (χ1v) is 11.4. The minimum absolute atomic E-state index is 0.0736. The van der Waals surface area contributed by atoms with E-state index in [-0.39, 0.29) is 22.1 Å². The maximum Gasteiger partial charge on any atom is 0.302 e. The van der Waals surface area contributed by atoms with E-state index >= 15 is 0 Å². The summed E-state index contributed by atoms with van der Waals surface area (Å²) in [5.74, 6) is -4.64. The van der Waals surface area contributed by atoms with Gasteiger partial charge in [-0.25, -0.2) is 5.01 Å². The van der Waals surface area contributed by atoms with Crippen LogP contribution in [0.1, 0.15) is 5.56 Å². The van der Waals surface area contributed by atoms with Crippen LogP contribution in [0.2, 0.25) is 0 Å². The van der Waals surface area contributed by atoms with Gasteiger partial charge in [-0.15, -0.1) is 0 Å². The van der Waals surface area contributed by atoms with E-state index in [1.54, 1.807) is 30.3 Å². The standard InChI is InChI=1S/C25H17N5O7S/c31-18-9-5-4-8-17(18)28-22(34)21(33)19(20(32)14-10-12-16(13-11-14)30(36)37)25(28)23(35)26-24(38)29(25)27-15-6-2-1-3-7-15/h1-13,27,31-32H,(H,26,35,38)/b20-19-. The Hall–Kier alpha value is -5.30. The average molecular weight is 532 g/mol. The first-order valence-electron chi connectivity index (χ1n) is 11.0. The number of non-ortho nitro benzene ring substituents is 1. The van der Waals surface area contributed by atoms with Gasteiger partial charge in [-0.05, 0) is 48.6 Å². The van der Waals surface area contributed by atoms with Gasteiger partial charge in [-0.2, -0.15) is 0 Å². The largest absolute Gasteiger partial charge is 0.507 e. The number of hydrogen-bond acceptors (Lipinski definition) is 9. The monoisotopic (exact) mass is 531 g/mol. The van der Waals surface area contributed by atoms with Crippen LogP contribution >= 0.6 is 12.2 Å². The van der Waals surface area contributed by atoms with Crippen molar-refractivity contribution in [3.05, 3.63) is 100 Å². The number of phenolic OH excluding ortho intramolecular Hbond substituents is 1. The van der Waals surface area contributed by atoms with Crippen LogP contribution in [0.4, 0.5) is 17.1 Å². The number of aliphatic hydroxyl groups excluding tert-OH is 1. The summed E-state index contributed by atoms with van der Waals surface area (Å²) in [4.78, 5) is 52.0. The molecule has 0 bridgehead atoms. The number of nitrogens with zero attached hydrogens (tertiary/aromatic N) is 3. The van der Waals surface area contributed by atoms with Crippen LogP contribution in [0.25, 0.3) is 5.76 Å². The molecule has 190 valence electrons. The van der Waals surface area contributed by atoms with Crippen molar-refractivity contribution in [2.45, 2.75) is 5.66 Å². The van der Waals surface area contributed by atoms with Gasteiger partial charge in [-0.3, -0.25) is 40.1 Å². The Morgan fingerprint density at radius 3 is 2.24 bits per heavy atom. The molecule has 3 aromatic rings. The third-order valence-corrected chi connectivity index (χ3v) is 6.37. The van der Waals surface area contributed by atoms with Gasteiger partial charge < -0.3 is 10.2 Å². The molecule has 1 spiro atoms. The molecule has 2 amide bonds. The maximum atomic E-state index is 13.7. The van der Waals surface area contributed by atoms with Gasteiger partial charge in [0.05, 0.1) is 16.3 Å². The topological polar surface area (TPSA) is 165 Å². The van der Waals surface area contributed by atoms with Crippen molar-refractivity contribution in [1.82, 2.24) is 10.3 Å². The van der Waals surface area contributed by atoms with E-state index in [9.17, 15) is 34.7 Å². The van der Waals surface area contributed by atoms with Crippen molar-refractivity contribution < 1.29 is 29.5 Å². The Labute approximate surface area is 219 Å². The Kier molecular flexibility index (Phi) is 5.76. The van der Waals surface area contributed by atoms with Gasteiger partial charge in [0.25, 0.3) is 23.0 Å². The third kappa shape index (κ3) is 3.52. The number of nitrogens with one attached hydrogen (secondary N) is 2. The molecule has 38 heavy (non-hydrogen) atoms. The van der Waals surface area contributed by atoms with Crippen LogP contribution in [0, 0.1) is 10.1 Å². The van der Waals surface area contributed by atoms with Crippen molar-refractivity contribution in [3.63, 3.8) is 0 Å². The Bertz CT molecular complexity index is 1560. The van der Waals surface area contributed by atoms with Crippen LogP contribution in [0.5, 0.6) is 5.75 Å². The Morgan fingerprint density at radius 2 is 1.61 bits per heavy atom. The van der Waals surface area contributed by atoms with Crippen LogP contribution < -0.4 is 15.6 Å². The molecule has 3 aromatic carbocycles. The summed E-state index contributed by atoms with van der Waals surface area (Å²) < 4.78 is 0. The van der Waals surface area contributed by atoms with Crippen molar-refractivity contribution >= 4 is 57.7 Å². The molecule has 0 aromatic heterocycles. The number of rotatable bonds is 5. The maximum absolute atomic E-state index is 13.7. The molecular formula is C25H17N5O7S.